The number of carbonyl (C=O) groups excluding carboxylic acids is 1. The highest BCUT2D eigenvalue weighted by Crippen LogP contribution is 2.42. The fourth-order valence-electron chi connectivity index (χ4n) is 4.92. The minimum Gasteiger partial charge on any atom is -0.451 e. The van der Waals surface area contributed by atoms with E-state index in [9.17, 15) is 9.59 Å². The van der Waals surface area contributed by atoms with Crippen LogP contribution in [0.25, 0.3) is 42.3 Å². The normalized spacial score (nSPS) is 13.9. The predicted molar refractivity (Wildman–Crippen MR) is 148 cm³/mol. The number of para-hydroxylation sites is 1. The van der Waals surface area contributed by atoms with E-state index < -0.39 is 0 Å². The second-order valence-electron chi connectivity index (χ2n) is 9.05. The van der Waals surface area contributed by atoms with Crippen LogP contribution in [0.4, 0.5) is 11.6 Å². The van der Waals surface area contributed by atoms with Gasteiger partial charge in [-0.2, -0.15) is 0 Å². The number of morpholine rings is 1. The first kappa shape index (κ1) is 22.7. The number of thiophene rings is 1. The molecule has 4 heterocycles. The number of carbonyl (C=O) groups is 1. The molecule has 0 aliphatic carbocycles. The lowest BCUT2D eigenvalue weighted by Gasteiger charge is -2.27. The Bertz CT molecular complexity index is 1880. The van der Waals surface area contributed by atoms with Gasteiger partial charge in [0, 0.05) is 56.1 Å². The number of nitrogens with one attached hydrogen (secondary N) is 1. The third-order valence-corrected chi connectivity index (χ3v) is 7.99. The zero-order valence-electron chi connectivity index (χ0n) is 20.1. The predicted octanol–water partition coefficient (Wildman–Crippen LogP) is 5.90. The number of hydrogen-bond acceptors (Lipinski definition) is 8. The highest BCUT2D eigenvalue weighted by atomic mass is 32.1. The summed E-state index contributed by atoms with van der Waals surface area (Å²) in [4.78, 5) is 31.5. The van der Waals surface area contributed by atoms with Crippen LogP contribution in [0.3, 0.4) is 0 Å². The number of oxazole rings is 1. The first-order chi connectivity index (χ1) is 18.7. The van der Waals surface area contributed by atoms with Crippen molar-refractivity contribution >= 4 is 60.0 Å². The van der Waals surface area contributed by atoms with Crippen molar-refractivity contribution in [3.63, 3.8) is 0 Å². The molecule has 0 radical (unpaired) electrons. The molecule has 8 nitrogen and oxygen atoms in total. The molecular weight excluding hydrogens is 502 g/mol. The van der Waals surface area contributed by atoms with Crippen molar-refractivity contribution in [1.82, 2.24) is 4.98 Å². The summed E-state index contributed by atoms with van der Waals surface area (Å²) in [5, 5.41) is 5.52. The summed E-state index contributed by atoms with van der Waals surface area (Å²) in [7, 11) is 0. The van der Waals surface area contributed by atoms with Crippen LogP contribution in [0.5, 0.6) is 0 Å². The van der Waals surface area contributed by atoms with Crippen molar-refractivity contribution in [2.75, 3.05) is 36.5 Å². The Morgan fingerprint density at radius 1 is 0.947 bits per heavy atom. The Labute approximate surface area is 220 Å². The van der Waals surface area contributed by atoms with Crippen LogP contribution in [-0.4, -0.2) is 37.2 Å². The quantitative estimate of drug-likeness (QED) is 0.307. The molecule has 1 aliphatic heterocycles. The molecule has 38 heavy (non-hydrogen) atoms. The molecule has 0 bridgehead atoms. The smallest absolute Gasteiger partial charge is 0.277 e. The van der Waals surface area contributed by atoms with Gasteiger partial charge in [0.05, 0.1) is 18.6 Å². The number of amides is 1. The lowest BCUT2D eigenvalue weighted by atomic mass is 10.0. The lowest BCUT2D eigenvalue weighted by molar-refractivity contribution is 0.102. The maximum atomic E-state index is 13.1. The van der Waals surface area contributed by atoms with Crippen molar-refractivity contribution in [2.24, 2.45) is 0 Å². The van der Waals surface area contributed by atoms with Gasteiger partial charge in [0.1, 0.15) is 11.8 Å². The minimum absolute atomic E-state index is 0.0643. The van der Waals surface area contributed by atoms with Gasteiger partial charge in [-0.25, -0.2) is 4.98 Å². The lowest BCUT2D eigenvalue weighted by Crippen LogP contribution is -2.36. The second-order valence-corrected chi connectivity index (χ2v) is 10.1. The van der Waals surface area contributed by atoms with E-state index >= 15 is 0 Å². The number of fused-ring (bicyclic) bond motifs is 4. The molecule has 0 atom stereocenters. The molecule has 188 valence electrons. The molecule has 6 aromatic rings. The topological polar surface area (TPSA) is 97.8 Å². The van der Waals surface area contributed by atoms with Crippen molar-refractivity contribution in [3.05, 3.63) is 89.2 Å². The van der Waals surface area contributed by atoms with E-state index in [1.165, 1.54) is 12.7 Å². The first-order valence-electron chi connectivity index (χ1n) is 12.2. The zero-order valence-corrected chi connectivity index (χ0v) is 20.9. The standard InChI is InChI=1S/C29H21N3O5S/c33-24-14-26(32-9-11-35-12-10-32)37-27-18(3-1-6-21(24)27)19-4-2-5-20-22-13-17(7-8-25(22)38-28(19)20)31-29(34)23-15-36-16-30-23/h1-8,13-16H,9-12H2,(H,31,34). The van der Waals surface area contributed by atoms with Crippen molar-refractivity contribution in [1.29, 1.82) is 0 Å². The molecule has 3 aromatic heterocycles. The van der Waals surface area contributed by atoms with Crippen LogP contribution in [0, 0.1) is 0 Å². The van der Waals surface area contributed by atoms with Gasteiger partial charge >= 0.3 is 0 Å². The van der Waals surface area contributed by atoms with E-state index in [4.69, 9.17) is 13.6 Å². The molecule has 1 fully saturated rings. The van der Waals surface area contributed by atoms with E-state index in [0.29, 0.717) is 48.8 Å². The number of rotatable bonds is 4. The van der Waals surface area contributed by atoms with Crippen molar-refractivity contribution in [3.8, 4) is 11.1 Å². The third kappa shape index (κ3) is 3.84. The van der Waals surface area contributed by atoms with E-state index in [1.54, 1.807) is 17.4 Å². The molecule has 1 saturated heterocycles. The summed E-state index contributed by atoms with van der Waals surface area (Å²) in [5.41, 5.74) is 3.26. The number of benzene rings is 3. The van der Waals surface area contributed by atoms with Crippen LogP contribution in [0.2, 0.25) is 0 Å². The summed E-state index contributed by atoms with van der Waals surface area (Å²) in [6.07, 6.45) is 2.54. The Kier molecular flexibility index (Phi) is 5.45. The molecule has 7 rings (SSSR count). The van der Waals surface area contributed by atoms with E-state index in [0.717, 1.165) is 31.3 Å². The molecule has 1 N–H and O–H groups in total. The first-order valence-corrected chi connectivity index (χ1v) is 13.0. The highest BCUT2D eigenvalue weighted by Gasteiger charge is 2.19. The fraction of sp³-hybridized carbons (Fsp3) is 0.138. The second kappa shape index (κ2) is 9.13. The number of aromatic nitrogens is 1. The highest BCUT2D eigenvalue weighted by molar-refractivity contribution is 7.26. The molecule has 3 aromatic carbocycles. The molecule has 0 spiro atoms. The summed E-state index contributed by atoms with van der Waals surface area (Å²) < 4.78 is 19.0. The molecule has 1 amide bonds. The SMILES string of the molecule is O=C(Nc1ccc2sc3c(-c4cccc5c(=O)cc(N6CCOCC6)oc45)cccc3c2c1)c1cocn1. The third-order valence-electron chi connectivity index (χ3n) is 6.77. The summed E-state index contributed by atoms with van der Waals surface area (Å²) in [5.74, 6) is 0.231. The van der Waals surface area contributed by atoms with Crippen molar-refractivity contribution in [2.45, 2.75) is 0 Å². The summed E-state index contributed by atoms with van der Waals surface area (Å²) >= 11 is 1.67. The van der Waals surface area contributed by atoms with Gasteiger partial charge in [-0.1, -0.05) is 30.3 Å². The number of hydrogen-bond donors (Lipinski definition) is 1. The van der Waals surface area contributed by atoms with Crippen LogP contribution >= 0.6 is 11.3 Å². The van der Waals surface area contributed by atoms with E-state index in [1.807, 2.05) is 42.5 Å². The average molecular weight is 524 g/mol. The van der Waals surface area contributed by atoms with Crippen molar-refractivity contribution < 1.29 is 18.4 Å². The van der Waals surface area contributed by atoms with Crippen LogP contribution < -0.4 is 15.6 Å². The minimum atomic E-state index is -0.333. The number of anilines is 2. The molecule has 0 unspecified atom stereocenters. The average Bonchev–Trinajstić information content (AvgIpc) is 3.62. The van der Waals surface area contributed by atoms with E-state index in [2.05, 4.69) is 27.3 Å². The van der Waals surface area contributed by atoms with Crippen LogP contribution in [0.1, 0.15) is 10.5 Å². The fourth-order valence-corrected chi connectivity index (χ4v) is 6.14. The summed E-state index contributed by atoms with van der Waals surface area (Å²) in [6, 6.07) is 19.3. The van der Waals surface area contributed by atoms with Gasteiger partial charge in [-0.05, 0) is 24.3 Å². The van der Waals surface area contributed by atoms with Gasteiger partial charge in [0.25, 0.3) is 5.91 Å². The van der Waals surface area contributed by atoms with E-state index in [-0.39, 0.29) is 17.0 Å². The monoisotopic (exact) mass is 523 g/mol. The largest absolute Gasteiger partial charge is 0.451 e. The van der Waals surface area contributed by atoms with Crippen LogP contribution in [0.15, 0.2) is 86.9 Å². The molecule has 1 aliphatic rings. The van der Waals surface area contributed by atoms with Gasteiger partial charge < -0.3 is 23.8 Å². The van der Waals surface area contributed by atoms with Gasteiger partial charge in [0.2, 0.25) is 0 Å². The summed E-state index contributed by atoms with van der Waals surface area (Å²) in [6.45, 7) is 2.56. The van der Waals surface area contributed by atoms with Crippen LogP contribution in [-0.2, 0) is 4.74 Å². The molecular formula is C29H21N3O5S. The maximum absolute atomic E-state index is 13.1. The van der Waals surface area contributed by atoms with Gasteiger partial charge in [-0.3, -0.25) is 9.59 Å². The van der Waals surface area contributed by atoms with Gasteiger partial charge in [0.15, 0.2) is 23.4 Å². The Morgan fingerprint density at radius 3 is 2.58 bits per heavy atom. The number of ether oxygens (including phenoxy) is 1. The Balaban J connectivity index is 1.36. The van der Waals surface area contributed by atoms with Gasteiger partial charge in [-0.15, -0.1) is 11.3 Å². The number of nitrogens with zero attached hydrogens (tertiary/aromatic N) is 2. The Hall–Kier alpha value is -4.47. The molecule has 9 heteroatoms. The zero-order chi connectivity index (χ0) is 25.6. The Morgan fingerprint density at radius 2 is 1.76 bits per heavy atom. The molecule has 0 saturated carbocycles. The maximum Gasteiger partial charge on any atom is 0.277 e.